The number of carbonyl (C=O) groups is 1. The van der Waals surface area contributed by atoms with Gasteiger partial charge in [-0.05, 0) is 23.4 Å². The van der Waals surface area contributed by atoms with Crippen molar-refractivity contribution in [3.8, 4) is 0 Å². The Morgan fingerprint density at radius 3 is 2.40 bits per heavy atom. The smallest absolute Gasteiger partial charge is 0.475 e. The number of anilines is 1. The van der Waals surface area contributed by atoms with Crippen LogP contribution in [0.1, 0.15) is 11.4 Å². The predicted molar refractivity (Wildman–Crippen MR) is 91.3 cm³/mol. The first-order valence-corrected chi connectivity index (χ1v) is 9.00. The van der Waals surface area contributed by atoms with Crippen molar-refractivity contribution in [2.75, 3.05) is 5.32 Å². The minimum atomic E-state index is -5.08. The van der Waals surface area contributed by atoms with Crippen molar-refractivity contribution in [3.05, 3.63) is 40.4 Å². The highest BCUT2D eigenvalue weighted by Gasteiger charge is 2.38. The second-order valence-electron chi connectivity index (χ2n) is 4.93. The van der Waals surface area contributed by atoms with Crippen molar-refractivity contribution in [1.29, 1.82) is 0 Å². The highest BCUT2D eigenvalue weighted by molar-refractivity contribution is 7.87. The first kappa shape index (κ1) is 25.0. The van der Waals surface area contributed by atoms with E-state index in [-0.39, 0.29) is 34.5 Å². The van der Waals surface area contributed by atoms with Crippen LogP contribution in [0.15, 0.2) is 28.0 Å². The fraction of sp³-hybridized carbons (Fsp3) is 0.167. The Hall–Kier alpha value is -3.02. The van der Waals surface area contributed by atoms with E-state index in [2.05, 4.69) is 25.4 Å². The van der Waals surface area contributed by atoms with Crippen LogP contribution in [0.5, 0.6) is 0 Å². The number of carboxylic acids is 1. The van der Waals surface area contributed by atoms with Crippen LogP contribution in [0.25, 0.3) is 0 Å². The van der Waals surface area contributed by atoms with Crippen LogP contribution in [-0.2, 0) is 21.5 Å². The molecule has 166 valence electrons. The van der Waals surface area contributed by atoms with Gasteiger partial charge >= 0.3 is 12.1 Å². The van der Waals surface area contributed by atoms with Crippen LogP contribution in [0.3, 0.4) is 0 Å². The van der Waals surface area contributed by atoms with Gasteiger partial charge < -0.3 is 15.6 Å². The van der Waals surface area contributed by atoms with Crippen molar-refractivity contribution >= 4 is 39.3 Å². The quantitative estimate of drug-likeness (QED) is 0.137. The molecule has 0 aliphatic rings. The van der Waals surface area contributed by atoms with E-state index in [9.17, 15) is 26.0 Å². The van der Waals surface area contributed by atoms with Gasteiger partial charge in [0.05, 0.1) is 11.6 Å². The molecule has 0 aliphatic heterocycles. The van der Waals surface area contributed by atoms with Crippen molar-refractivity contribution in [2.24, 2.45) is 10.3 Å². The zero-order valence-corrected chi connectivity index (χ0v) is 15.8. The minimum Gasteiger partial charge on any atom is -0.475 e. The molecule has 6 N–H and O–H groups in total. The number of amidine groups is 1. The van der Waals surface area contributed by atoms with Crippen LogP contribution in [0.2, 0.25) is 5.02 Å². The topological polar surface area (TPSA) is 193 Å². The SMILES string of the molecule is NS(=O)(=O)NCc1nonc1/C(=N/O)Nc1ccc(F)c(Cl)c1.O=C(O)C(F)(F)F. The summed E-state index contributed by atoms with van der Waals surface area (Å²) in [5, 5.41) is 33.4. The van der Waals surface area contributed by atoms with Gasteiger partial charge in [0.1, 0.15) is 11.5 Å². The number of benzene rings is 1. The van der Waals surface area contributed by atoms with Crippen LogP contribution in [-0.4, -0.2) is 47.0 Å². The number of oxime groups is 1. The van der Waals surface area contributed by atoms with E-state index in [4.69, 9.17) is 31.8 Å². The van der Waals surface area contributed by atoms with Gasteiger partial charge in [-0.15, -0.1) is 0 Å². The Bertz CT molecular complexity index is 1030. The summed E-state index contributed by atoms with van der Waals surface area (Å²) in [6.45, 7) is -0.345. The van der Waals surface area contributed by atoms with Crippen LogP contribution in [0, 0.1) is 5.82 Å². The van der Waals surface area contributed by atoms with E-state index in [1.165, 1.54) is 12.1 Å². The first-order chi connectivity index (χ1) is 13.7. The van der Waals surface area contributed by atoms with Gasteiger partial charge in [-0.1, -0.05) is 21.9 Å². The predicted octanol–water partition coefficient (Wildman–Crippen LogP) is 1.04. The molecule has 0 unspecified atom stereocenters. The average Bonchev–Trinajstić information content (AvgIpc) is 3.08. The van der Waals surface area contributed by atoms with E-state index in [0.29, 0.717) is 0 Å². The molecule has 0 amide bonds. The number of aliphatic carboxylic acids is 1. The summed E-state index contributed by atoms with van der Waals surface area (Å²) in [5.74, 6) is -3.60. The molecular formula is C12H11ClF4N6O6S. The van der Waals surface area contributed by atoms with Crippen molar-refractivity contribution in [3.63, 3.8) is 0 Å². The summed E-state index contributed by atoms with van der Waals surface area (Å²) in [4.78, 5) is 8.90. The summed E-state index contributed by atoms with van der Waals surface area (Å²) in [5.41, 5.74) is 0.217. The third-order valence-electron chi connectivity index (χ3n) is 2.75. The lowest BCUT2D eigenvalue weighted by Gasteiger charge is -2.07. The summed E-state index contributed by atoms with van der Waals surface area (Å²) >= 11 is 5.64. The maximum absolute atomic E-state index is 13.1. The molecule has 0 bridgehead atoms. The van der Waals surface area contributed by atoms with Gasteiger partial charge in [0.25, 0.3) is 10.2 Å². The lowest BCUT2D eigenvalue weighted by atomic mass is 10.2. The molecule has 0 atom stereocenters. The molecule has 0 spiro atoms. The molecule has 2 aromatic rings. The molecule has 0 aliphatic carbocycles. The number of halogens is 5. The minimum absolute atomic E-state index is 0.00698. The van der Waals surface area contributed by atoms with E-state index >= 15 is 0 Å². The Balaban J connectivity index is 0.000000553. The summed E-state index contributed by atoms with van der Waals surface area (Å²) in [7, 11) is -3.96. The highest BCUT2D eigenvalue weighted by Crippen LogP contribution is 2.20. The van der Waals surface area contributed by atoms with Gasteiger partial charge in [0.15, 0.2) is 5.69 Å². The van der Waals surface area contributed by atoms with Crippen molar-refractivity contribution < 1.29 is 45.7 Å². The van der Waals surface area contributed by atoms with Gasteiger partial charge in [0.2, 0.25) is 5.84 Å². The van der Waals surface area contributed by atoms with Crippen molar-refractivity contribution in [2.45, 2.75) is 12.7 Å². The molecule has 30 heavy (non-hydrogen) atoms. The second kappa shape index (κ2) is 10.1. The normalized spacial score (nSPS) is 12.1. The first-order valence-electron chi connectivity index (χ1n) is 7.08. The monoisotopic (exact) mass is 478 g/mol. The number of carboxylic acid groups (broad SMARTS) is 1. The molecule has 1 aromatic heterocycles. The zero-order valence-electron chi connectivity index (χ0n) is 14.2. The number of hydrogen-bond acceptors (Lipinski definition) is 8. The Kier molecular flexibility index (Phi) is 8.46. The Morgan fingerprint density at radius 1 is 1.33 bits per heavy atom. The van der Waals surface area contributed by atoms with E-state index < -0.39 is 28.2 Å². The average molecular weight is 479 g/mol. The molecule has 0 fully saturated rings. The number of nitrogens with one attached hydrogen (secondary N) is 2. The molecule has 1 aromatic carbocycles. The maximum atomic E-state index is 13.1. The lowest BCUT2D eigenvalue weighted by molar-refractivity contribution is -0.192. The largest absolute Gasteiger partial charge is 0.490 e. The molecule has 18 heteroatoms. The third kappa shape index (κ3) is 8.15. The number of nitrogens with two attached hydrogens (primary N) is 1. The van der Waals surface area contributed by atoms with Crippen LogP contribution < -0.4 is 15.2 Å². The molecule has 12 nitrogen and oxygen atoms in total. The Labute approximate surface area is 169 Å². The zero-order chi connectivity index (χ0) is 23.1. The fourth-order valence-electron chi connectivity index (χ4n) is 1.51. The molecule has 1 heterocycles. The lowest BCUT2D eigenvalue weighted by Crippen LogP contribution is -2.31. The van der Waals surface area contributed by atoms with Gasteiger partial charge in [0, 0.05) is 5.69 Å². The molecular weight excluding hydrogens is 468 g/mol. The summed E-state index contributed by atoms with van der Waals surface area (Å²) in [6, 6.07) is 3.68. The number of rotatable bonds is 5. The number of alkyl halides is 3. The Morgan fingerprint density at radius 2 is 1.93 bits per heavy atom. The molecule has 2 rings (SSSR count). The van der Waals surface area contributed by atoms with Gasteiger partial charge in [-0.3, -0.25) is 0 Å². The highest BCUT2D eigenvalue weighted by atomic mass is 35.5. The van der Waals surface area contributed by atoms with E-state index in [1.807, 2.05) is 4.72 Å². The van der Waals surface area contributed by atoms with Crippen molar-refractivity contribution in [1.82, 2.24) is 15.0 Å². The summed E-state index contributed by atoms with van der Waals surface area (Å²) < 4.78 is 73.1. The molecule has 0 saturated heterocycles. The van der Waals surface area contributed by atoms with Crippen LogP contribution >= 0.6 is 11.6 Å². The fourth-order valence-corrected chi connectivity index (χ4v) is 2.03. The number of nitrogens with zero attached hydrogens (tertiary/aromatic N) is 3. The number of hydrogen-bond donors (Lipinski definition) is 5. The van der Waals surface area contributed by atoms with Crippen LogP contribution in [0.4, 0.5) is 23.2 Å². The second-order valence-corrected chi connectivity index (χ2v) is 6.72. The molecule has 0 saturated carbocycles. The van der Waals surface area contributed by atoms with Gasteiger partial charge in [-0.25, -0.2) is 19.0 Å². The third-order valence-corrected chi connectivity index (χ3v) is 3.58. The molecule has 0 radical (unpaired) electrons. The van der Waals surface area contributed by atoms with Gasteiger partial charge in [-0.2, -0.15) is 26.3 Å². The maximum Gasteiger partial charge on any atom is 0.490 e. The summed E-state index contributed by atoms with van der Waals surface area (Å²) in [6.07, 6.45) is -5.08. The number of aromatic nitrogens is 2. The standard InChI is InChI=1S/C10H10ClFN6O4S.C2HF3O2/c11-6-3-5(1-2-7(6)12)15-10(16-19)9-8(17-22-18-9)4-14-23(13,20)21;3-2(4,5)1(6)7/h1-3,14,19H,4H2,(H,15,16)(H2,13,20,21);(H,6,7). The van der Waals surface area contributed by atoms with E-state index in [1.54, 1.807) is 0 Å². The van der Waals surface area contributed by atoms with E-state index in [0.717, 1.165) is 6.07 Å².